The number of Topliss-reactive ketones (excluding diaryl/α,β-unsaturated/α-hetero) is 3. The summed E-state index contributed by atoms with van der Waals surface area (Å²) < 4.78 is 0. The average Bonchev–Trinajstić information content (AvgIpc) is 2.72. The molecule has 194 valence electrons. The normalized spacial score (nSPS) is 31.7. The highest BCUT2D eigenvalue weighted by atomic mass is 16.1. The molecular formula is C31H52O3. The fourth-order valence-electron chi connectivity index (χ4n) is 8.89. The van der Waals surface area contributed by atoms with E-state index < -0.39 is 0 Å². The standard InChI is InChI=1S/C31H52O3/c1-4-7-10-13-26(32)19-29-16-25-17-30(22-29,20-27(33)14-11-8-5-2)24-31(18-25,23-29)21-28(34)15-12-9-6-3/h25H,4-24H2,1-3H3. The molecule has 0 saturated heterocycles. The Hall–Kier alpha value is -0.990. The highest BCUT2D eigenvalue weighted by Crippen LogP contribution is 2.72. The van der Waals surface area contributed by atoms with Gasteiger partial charge in [0, 0.05) is 38.5 Å². The average molecular weight is 473 g/mol. The summed E-state index contributed by atoms with van der Waals surface area (Å²) in [4.78, 5) is 39.2. The van der Waals surface area contributed by atoms with Crippen molar-refractivity contribution in [1.29, 1.82) is 0 Å². The molecule has 4 bridgehead atoms. The summed E-state index contributed by atoms with van der Waals surface area (Å²) in [5, 5.41) is 0. The lowest BCUT2D eigenvalue weighted by Crippen LogP contribution is -2.58. The van der Waals surface area contributed by atoms with Crippen LogP contribution in [0.1, 0.15) is 156 Å². The van der Waals surface area contributed by atoms with Crippen molar-refractivity contribution in [3.63, 3.8) is 0 Å². The van der Waals surface area contributed by atoms with Gasteiger partial charge in [0.05, 0.1) is 0 Å². The maximum atomic E-state index is 13.1. The first-order chi connectivity index (χ1) is 16.3. The zero-order valence-electron chi connectivity index (χ0n) is 22.7. The van der Waals surface area contributed by atoms with Gasteiger partial charge in [-0.05, 0) is 80.0 Å². The number of hydrogen-bond donors (Lipinski definition) is 0. The monoisotopic (exact) mass is 472 g/mol. The van der Waals surface area contributed by atoms with Gasteiger partial charge in [-0.25, -0.2) is 0 Å². The van der Waals surface area contributed by atoms with E-state index in [1.807, 2.05) is 0 Å². The molecule has 0 aromatic heterocycles. The summed E-state index contributed by atoms with van der Waals surface area (Å²) in [5.74, 6) is 1.91. The van der Waals surface area contributed by atoms with Gasteiger partial charge < -0.3 is 0 Å². The molecule has 0 N–H and O–H groups in total. The van der Waals surface area contributed by atoms with Gasteiger partial charge in [-0.15, -0.1) is 0 Å². The molecule has 3 nitrogen and oxygen atoms in total. The Kier molecular flexibility index (Phi) is 9.99. The Morgan fingerprint density at radius 1 is 0.529 bits per heavy atom. The van der Waals surface area contributed by atoms with Crippen LogP contribution >= 0.6 is 0 Å². The molecule has 0 radical (unpaired) electrons. The summed E-state index contributed by atoms with van der Waals surface area (Å²) in [5.41, 5.74) is 0.155. The number of unbranched alkanes of at least 4 members (excludes halogenated alkanes) is 6. The van der Waals surface area contributed by atoms with Gasteiger partial charge in [0.2, 0.25) is 0 Å². The Balaban J connectivity index is 1.76. The van der Waals surface area contributed by atoms with Crippen LogP contribution in [0.4, 0.5) is 0 Å². The maximum Gasteiger partial charge on any atom is 0.133 e. The van der Waals surface area contributed by atoms with Crippen molar-refractivity contribution in [3.05, 3.63) is 0 Å². The third-order valence-electron chi connectivity index (χ3n) is 9.31. The summed E-state index contributed by atoms with van der Waals surface area (Å²) in [6.07, 6.45) is 20.8. The van der Waals surface area contributed by atoms with Crippen molar-refractivity contribution in [2.75, 3.05) is 0 Å². The fourth-order valence-corrected chi connectivity index (χ4v) is 8.89. The van der Waals surface area contributed by atoms with Crippen molar-refractivity contribution in [1.82, 2.24) is 0 Å². The van der Waals surface area contributed by atoms with Crippen LogP contribution in [-0.4, -0.2) is 17.3 Å². The minimum atomic E-state index is 0.0517. The molecule has 0 aromatic rings. The molecule has 0 unspecified atom stereocenters. The van der Waals surface area contributed by atoms with E-state index in [2.05, 4.69) is 20.8 Å². The minimum Gasteiger partial charge on any atom is -0.300 e. The van der Waals surface area contributed by atoms with E-state index in [4.69, 9.17) is 0 Å². The minimum absolute atomic E-state index is 0.0517. The predicted molar refractivity (Wildman–Crippen MR) is 140 cm³/mol. The maximum absolute atomic E-state index is 13.1. The number of carbonyl (C=O) groups is 3. The quantitative estimate of drug-likeness (QED) is 0.188. The zero-order valence-corrected chi connectivity index (χ0v) is 22.7. The van der Waals surface area contributed by atoms with E-state index in [0.29, 0.717) is 61.8 Å². The molecule has 4 fully saturated rings. The molecule has 3 heteroatoms. The molecule has 0 amide bonds. The van der Waals surface area contributed by atoms with E-state index in [0.717, 1.165) is 96.3 Å². The van der Waals surface area contributed by atoms with Crippen molar-refractivity contribution in [3.8, 4) is 0 Å². The SMILES string of the molecule is CCCCCC(=O)CC12CC3CC(CC(=O)CCCCC)(C1)CC(CC(=O)CCCCC)(C3)C2. The lowest BCUT2D eigenvalue weighted by atomic mass is 9.37. The molecule has 0 atom stereocenters. The lowest BCUT2D eigenvalue weighted by molar-refractivity contribution is -0.174. The molecule has 0 spiro atoms. The Morgan fingerprint density at radius 3 is 1.09 bits per heavy atom. The number of ketones is 3. The van der Waals surface area contributed by atoms with Crippen LogP contribution in [0.5, 0.6) is 0 Å². The summed E-state index contributed by atoms with van der Waals surface area (Å²) >= 11 is 0. The summed E-state index contributed by atoms with van der Waals surface area (Å²) in [7, 11) is 0. The van der Waals surface area contributed by atoms with Crippen molar-refractivity contribution in [2.45, 2.75) is 156 Å². The second-order valence-electron chi connectivity index (χ2n) is 13.0. The molecule has 4 rings (SSSR count). The van der Waals surface area contributed by atoms with E-state index in [1.54, 1.807) is 0 Å². The van der Waals surface area contributed by atoms with Crippen LogP contribution in [0.15, 0.2) is 0 Å². The fraction of sp³-hybridized carbons (Fsp3) is 0.903. The smallest absolute Gasteiger partial charge is 0.133 e. The molecule has 0 aliphatic heterocycles. The third-order valence-corrected chi connectivity index (χ3v) is 9.31. The molecule has 0 aromatic carbocycles. The van der Waals surface area contributed by atoms with Gasteiger partial charge in [0.15, 0.2) is 0 Å². The molecular weight excluding hydrogens is 420 g/mol. The highest BCUT2D eigenvalue weighted by Gasteiger charge is 2.63. The van der Waals surface area contributed by atoms with Gasteiger partial charge in [0.1, 0.15) is 17.3 Å². The molecule has 34 heavy (non-hydrogen) atoms. The predicted octanol–water partition coefficient (Wildman–Crippen LogP) is 8.56. The van der Waals surface area contributed by atoms with Gasteiger partial charge >= 0.3 is 0 Å². The van der Waals surface area contributed by atoms with Crippen LogP contribution < -0.4 is 0 Å². The first-order valence-electron chi connectivity index (χ1n) is 14.8. The zero-order chi connectivity index (χ0) is 24.7. The largest absolute Gasteiger partial charge is 0.300 e. The topological polar surface area (TPSA) is 51.2 Å². The van der Waals surface area contributed by atoms with Crippen molar-refractivity contribution in [2.24, 2.45) is 22.2 Å². The van der Waals surface area contributed by atoms with Gasteiger partial charge in [-0.1, -0.05) is 59.3 Å². The van der Waals surface area contributed by atoms with Crippen LogP contribution in [0, 0.1) is 22.2 Å². The van der Waals surface area contributed by atoms with Crippen molar-refractivity contribution >= 4 is 17.3 Å². The lowest BCUT2D eigenvalue weighted by Gasteiger charge is -2.67. The van der Waals surface area contributed by atoms with E-state index in [1.165, 1.54) is 0 Å². The van der Waals surface area contributed by atoms with Gasteiger partial charge in [-0.3, -0.25) is 14.4 Å². The van der Waals surface area contributed by atoms with Crippen LogP contribution in [0.3, 0.4) is 0 Å². The Morgan fingerprint density at radius 2 is 0.824 bits per heavy atom. The first-order valence-corrected chi connectivity index (χ1v) is 14.8. The van der Waals surface area contributed by atoms with Crippen LogP contribution in [0.2, 0.25) is 0 Å². The molecule has 4 aliphatic carbocycles. The van der Waals surface area contributed by atoms with E-state index in [-0.39, 0.29) is 16.2 Å². The van der Waals surface area contributed by atoms with Gasteiger partial charge in [0.25, 0.3) is 0 Å². The Labute approximate surface area is 209 Å². The highest BCUT2D eigenvalue weighted by molar-refractivity contribution is 5.81. The van der Waals surface area contributed by atoms with Crippen LogP contribution in [-0.2, 0) is 14.4 Å². The number of rotatable bonds is 18. The summed E-state index contributed by atoms with van der Waals surface area (Å²) in [6, 6.07) is 0. The second kappa shape index (κ2) is 12.3. The summed E-state index contributed by atoms with van der Waals surface area (Å²) in [6.45, 7) is 6.56. The molecule has 4 aliphatic rings. The molecule has 4 saturated carbocycles. The number of hydrogen-bond acceptors (Lipinski definition) is 3. The molecule has 0 heterocycles. The van der Waals surface area contributed by atoms with Gasteiger partial charge in [-0.2, -0.15) is 0 Å². The van der Waals surface area contributed by atoms with E-state index in [9.17, 15) is 14.4 Å². The second-order valence-corrected chi connectivity index (χ2v) is 13.0. The third kappa shape index (κ3) is 7.26. The van der Waals surface area contributed by atoms with E-state index >= 15 is 0 Å². The first kappa shape index (κ1) is 27.6. The van der Waals surface area contributed by atoms with Crippen LogP contribution in [0.25, 0.3) is 0 Å². The Bertz CT molecular complexity index is 604. The van der Waals surface area contributed by atoms with Crippen molar-refractivity contribution < 1.29 is 14.4 Å². The number of carbonyl (C=O) groups excluding carboxylic acids is 3.